The van der Waals surface area contributed by atoms with Gasteiger partial charge in [-0.05, 0) is 18.2 Å². The van der Waals surface area contributed by atoms with E-state index in [2.05, 4.69) is 9.97 Å². The quantitative estimate of drug-likeness (QED) is 0.525. The van der Waals surface area contributed by atoms with Crippen molar-refractivity contribution in [1.82, 2.24) is 14.5 Å². The van der Waals surface area contributed by atoms with E-state index in [0.29, 0.717) is 23.5 Å². The molecule has 2 heterocycles. The fourth-order valence-corrected chi connectivity index (χ4v) is 2.43. The molecule has 3 aromatic rings. The molecule has 0 saturated carbocycles. The van der Waals surface area contributed by atoms with Crippen LogP contribution in [0.25, 0.3) is 22.3 Å². The van der Waals surface area contributed by atoms with Crippen LogP contribution in [-0.2, 0) is 11.3 Å². The van der Waals surface area contributed by atoms with E-state index in [9.17, 15) is 14.9 Å². The van der Waals surface area contributed by atoms with Gasteiger partial charge in [0.15, 0.2) is 0 Å². The molecule has 0 saturated heterocycles. The van der Waals surface area contributed by atoms with E-state index in [1.165, 1.54) is 29.9 Å². The number of ether oxygens (including phenoxy) is 1. The van der Waals surface area contributed by atoms with Crippen molar-refractivity contribution in [3.63, 3.8) is 0 Å². The molecule has 122 valence electrons. The summed E-state index contributed by atoms with van der Waals surface area (Å²) < 4.78 is 6.51. The molecule has 0 fully saturated rings. The average Bonchev–Trinajstić information content (AvgIpc) is 2.61. The Kier molecular flexibility index (Phi) is 4.30. The van der Waals surface area contributed by atoms with Gasteiger partial charge in [0.1, 0.15) is 5.82 Å². The van der Waals surface area contributed by atoms with Crippen molar-refractivity contribution in [2.45, 2.75) is 6.54 Å². The number of nitrogens with zero attached hydrogens (tertiary/aromatic N) is 4. The number of rotatable bonds is 5. The van der Waals surface area contributed by atoms with Gasteiger partial charge in [0.25, 0.3) is 11.2 Å². The largest absolute Gasteiger partial charge is 0.383 e. The van der Waals surface area contributed by atoms with Gasteiger partial charge in [-0.2, -0.15) is 0 Å². The molecule has 0 amide bonds. The van der Waals surface area contributed by atoms with Crippen LogP contribution < -0.4 is 5.56 Å². The van der Waals surface area contributed by atoms with Gasteiger partial charge in [0.05, 0.1) is 29.0 Å². The highest BCUT2D eigenvalue weighted by atomic mass is 16.6. The van der Waals surface area contributed by atoms with Gasteiger partial charge in [-0.15, -0.1) is 0 Å². The zero-order valence-electron chi connectivity index (χ0n) is 12.9. The Morgan fingerprint density at radius 1 is 1.33 bits per heavy atom. The molecule has 0 atom stereocenters. The number of hydrogen-bond donors (Lipinski definition) is 0. The van der Waals surface area contributed by atoms with Gasteiger partial charge in [-0.1, -0.05) is 0 Å². The summed E-state index contributed by atoms with van der Waals surface area (Å²) in [5, 5.41) is 11.2. The van der Waals surface area contributed by atoms with Crippen molar-refractivity contribution in [3.05, 3.63) is 63.2 Å². The minimum atomic E-state index is -0.534. The van der Waals surface area contributed by atoms with Crippen LogP contribution in [0.3, 0.4) is 0 Å². The number of hydrogen-bond acceptors (Lipinski definition) is 6. The summed E-state index contributed by atoms with van der Waals surface area (Å²) in [6.45, 7) is 0.598. The van der Waals surface area contributed by atoms with Crippen LogP contribution in [0.1, 0.15) is 0 Å². The highest BCUT2D eigenvalue weighted by Crippen LogP contribution is 2.21. The Bertz CT molecular complexity index is 953. The third-order valence-corrected chi connectivity index (χ3v) is 3.59. The molecule has 0 bridgehead atoms. The summed E-state index contributed by atoms with van der Waals surface area (Å²) in [6.07, 6.45) is 3.24. The van der Waals surface area contributed by atoms with Crippen molar-refractivity contribution < 1.29 is 9.66 Å². The lowest BCUT2D eigenvalue weighted by molar-refractivity contribution is -0.384. The van der Waals surface area contributed by atoms with Crippen molar-refractivity contribution in [3.8, 4) is 11.4 Å². The predicted octanol–water partition coefficient (Wildman–Crippen LogP) is 2.01. The first-order chi connectivity index (χ1) is 11.6. The molecule has 0 spiro atoms. The second-order valence-electron chi connectivity index (χ2n) is 5.09. The Labute approximate surface area is 136 Å². The van der Waals surface area contributed by atoms with Gasteiger partial charge in [-0.25, -0.2) is 4.98 Å². The van der Waals surface area contributed by atoms with Crippen LogP contribution in [0.15, 0.2) is 47.5 Å². The Morgan fingerprint density at radius 3 is 2.83 bits per heavy atom. The highest BCUT2D eigenvalue weighted by Gasteiger charge is 2.15. The third-order valence-electron chi connectivity index (χ3n) is 3.59. The van der Waals surface area contributed by atoms with Gasteiger partial charge in [0.2, 0.25) is 0 Å². The van der Waals surface area contributed by atoms with Gasteiger partial charge in [-0.3, -0.25) is 24.5 Å². The number of methoxy groups -OCH3 is 1. The molecule has 8 heteroatoms. The van der Waals surface area contributed by atoms with Gasteiger partial charge < -0.3 is 4.74 Å². The van der Waals surface area contributed by atoms with E-state index in [4.69, 9.17) is 4.74 Å². The third kappa shape index (κ3) is 2.86. The second kappa shape index (κ2) is 6.55. The van der Waals surface area contributed by atoms with Crippen molar-refractivity contribution in [1.29, 1.82) is 0 Å². The summed E-state index contributed by atoms with van der Waals surface area (Å²) in [6, 6.07) is 7.62. The Hall–Kier alpha value is -3.13. The van der Waals surface area contributed by atoms with E-state index in [1.807, 2.05) is 0 Å². The number of nitro benzene ring substituents is 1. The smallest absolute Gasteiger partial charge is 0.270 e. The molecule has 0 unspecified atom stereocenters. The summed E-state index contributed by atoms with van der Waals surface area (Å²) in [5.41, 5.74) is 0.595. The van der Waals surface area contributed by atoms with E-state index in [-0.39, 0.29) is 23.2 Å². The van der Waals surface area contributed by atoms with Crippen molar-refractivity contribution in [2.24, 2.45) is 0 Å². The van der Waals surface area contributed by atoms with Gasteiger partial charge >= 0.3 is 0 Å². The lowest BCUT2D eigenvalue weighted by Gasteiger charge is -2.13. The molecule has 1 aromatic carbocycles. The SMILES string of the molecule is COCCn1c(-c2cccnc2)nc2ccc([N+](=O)[O-])cc2c1=O. The number of nitro groups is 1. The zero-order valence-corrected chi connectivity index (χ0v) is 12.9. The first-order valence-corrected chi connectivity index (χ1v) is 7.20. The van der Waals surface area contributed by atoms with Crippen molar-refractivity contribution >= 4 is 16.6 Å². The van der Waals surface area contributed by atoms with Crippen LogP contribution in [0.4, 0.5) is 5.69 Å². The standard InChI is InChI=1S/C16H14N4O4/c1-24-8-7-19-15(11-3-2-6-17-10-11)18-14-5-4-12(20(22)23)9-13(14)16(19)21/h2-6,9-10H,7-8H2,1H3. The van der Waals surface area contributed by atoms with Crippen LogP contribution in [0.2, 0.25) is 0 Å². The first-order valence-electron chi connectivity index (χ1n) is 7.20. The summed E-state index contributed by atoms with van der Waals surface area (Å²) in [4.78, 5) is 31.8. The van der Waals surface area contributed by atoms with Crippen LogP contribution in [0.5, 0.6) is 0 Å². The number of fused-ring (bicyclic) bond motifs is 1. The van der Waals surface area contributed by atoms with Crippen LogP contribution >= 0.6 is 0 Å². The maximum atomic E-state index is 12.8. The highest BCUT2D eigenvalue weighted by molar-refractivity contribution is 5.82. The monoisotopic (exact) mass is 326 g/mol. The molecule has 8 nitrogen and oxygen atoms in total. The molecular formula is C16H14N4O4. The molecule has 0 aliphatic heterocycles. The molecule has 0 aliphatic carbocycles. The fourth-order valence-electron chi connectivity index (χ4n) is 2.43. The summed E-state index contributed by atoms with van der Waals surface area (Å²) >= 11 is 0. The molecule has 0 aliphatic rings. The van der Waals surface area contributed by atoms with E-state index in [1.54, 1.807) is 24.5 Å². The lowest BCUT2D eigenvalue weighted by atomic mass is 10.2. The minimum absolute atomic E-state index is 0.145. The topological polar surface area (TPSA) is 100 Å². The Balaban J connectivity index is 2.29. The summed E-state index contributed by atoms with van der Waals surface area (Å²) in [7, 11) is 1.54. The molecular weight excluding hydrogens is 312 g/mol. The molecule has 24 heavy (non-hydrogen) atoms. The zero-order chi connectivity index (χ0) is 17.1. The van der Waals surface area contributed by atoms with Crippen LogP contribution in [-0.4, -0.2) is 33.2 Å². The molecule has 0 N–H and O–H groups in total. The summed E-state index contributed by atoms with van der Waals surface area (Å²) in [5.74, 6) is 0.450. The molecule has 3 rings (SSSR count). The van der Waals surface area contributed by atoms with Crippen molar-refractivity contribution in [2.75, 3.05) is 13.7 Å². The predicted molar refractivity (Wildman–Crippen MR) is 87.8 cm³/mol. The number of aromatic nitrogens is 3. The second-order valence-corrected chi connectivity index (χ2v) is 5.09. The lowest BCUT2D eigenvalue weighted by Crippen LogP contribution is -2.25. The van der Waals surface area contributed by atoms with Crippen LogP contribution in [0, 0.1) is 10.1 Å². The molecule has 0 radical (unpaired) electrons. The average molecular weight is 326 g/mol. The van der Waals surface area contributed by atoms with Gasteiger partial charge in [0, 0.05) is 37.2 Å². The maximum Gasteiger partial charge on any atom is 0.270 e. The van der Waals surface area contributed by atoms with E-state index >= 15 is 0 Å². The molecule has 2 aromatic heterocycles. The van der Waals surface area contributed by atoms with E-state index < -0.39 is 4.92 Å². The Morgan fingerprint density at radius 2 is 2.17 bits per heavy atom. The normalized spacial score (nSPS) is 10.9. The minimum Gasteiger partial charge on any atom is -0.383 e. The maximum absolute atomic E-state index is 12.8. The number of benzene rings is 1. The number of non-ortho nitro benzene ring substituents is 1. The van der Waals surface area contributed by atoms with E-state index in [0.717, 1.165) is 0 Å². The first kappa shape index (κ1) is 15.8. The number of pyridine rings is 1. The fraction of sp³-hybridized carbons (Fsp3) is 0.188.